The molecule has 0 saturated heterocycles. The minimum Gasteiger partial charge on any atom is -0.476 e. The zero-order valence-corrected chi connectivity index (χ0v) is 10.6. The summed E-state index contributed by atoms with van der Waals surface area (Å²) >= 11 is 1.25. The van der Waals surface area contributed by atoms with Gasteiger partial charge in [-0.2, -0.15) is 0 Å². The van der Waals surface area contributed by atoms with Crippen LogP contribution in [0.5, 0.6) is 0 Å². The second-order valence-corrected chi connectivity index (χ2v) is 4.91. The van der Waals surface area contributed by atoms with Crippen molar-refractivity contribution in [3.05, 3.63) is 40.7 Å². The van der Waals surface area contributed by atoms with Gasteiger partial charge in [0.1, 0.15) is 10.8 Å². The lowest BCUT2D eigenvalue weighted by atomic mass is 10.2. The van der Waals surface area contributed by atoms with Crippen molar-refractivity contribution in [3.8, 4) is 10.6 Å². The zero-order valence-electron chi connectivity index (χ0n) is 9.81. The third kappa shape index (κ3) is 2.41. The number of hydrogen-bond acceptors (Lipinski definition) is 3. The summed E-state index contributed by atoms with van der Waals surface area (Å²) < 4.78 is 13.6. The van der Waals surface area contributed by atoms with Gasteiger partial charge in [0.25, 0.3) is 0 Å². The van der Waals surface area contributed by atoms with Crippen molar-refractivity contribution in [3.63, 3.8) is 0 Å². The highest BCUT2D eigenvalue weighted by Gasteiger charge is 2.18. The van der Waals surface area contributed by atoms with Crippen LogP contribution in [-0.2, 0) is 6.42 Å². The maximum absolute atomic E-state index is 13.6. The molecular weight excluding hydrogens is 253 g/mol. The molecule has 0 atom stereocenters. The van der Waals surface area contributed by atoms with E-state index in [1.807, 2.05) is 6.92 Å². The maximum atomic E-state index is 13.6. The summed E-state index contributed by atoms with van der Waals surface area (Å²) in [6.07, 6.45) is 1.48. The first-order valence-electron chi connectivity index (χ1n) is 5.61. The number of aryl methyl sites for hydroxylation is 1. The van der Waals surface area contributed by atoms with E-state index in [-0.39, 0.29) is 11.5 Å². The van der Waals surface area contributed by atoms with Gasteiger partial charge in [0.15, 0.2) is 5.69 Å². The average Bonchev–Trinajstić information content (AvgIpc) is 2.74. The Hall–Kier alpha value is -1.75. The number of halogens is 1. The Morgan fingerprint density at radius 1 is 1.44 bits per heavy atom. The third-order valence-electron chi connectivity index (χ3n) is 2.48. The van der Waals surface area contributed by atoms with Crippen molar-refractivity contribution < 1.29 is 14.3 Å². The van der Waals surface area contributed by atoms with E-state index in [1.165, 1.54) is 17.4 Å². The summed E-state index contributed by atoms with van der Waals surface area (Å²) in [7, 11) is 0. The average molecular weight is 265 g/mol. The molecule has 0 amide bonds. The number of rotatable bonds is 4. The molecular formula is C13H12FNO2S. The summed E-state index contributed by atoms with van der Waals surface area (Å²) in [6.45, 7) is 1.97. The van der Waals surface area contributed by atoms with E-state index in [0.29, 0.717) is 21.9 Å². The van der Waals surface area contributed by atoms with Crippen LogP contribution in [0, 0.1) is 5.82 Å². The second-order valence-electron chi connectivity index (χ2n) is 3.83. The molecule has 94 valence electrons. The molecule has 0 saturated carbocycles. The van der Waals surface area contributed by atoms with Crippen molar-refractivity contribution in [2.75, 3.05) is 0 Å². The number of carboxylic acids is 1. The number of benzene rings is 1. The van der Waals surface area contributed by atoms with Crippen LogP contribution in [0.4, 0.5) is 4.39 Å². The maximum Gasteiger partial charge on any atom is 0.355 e. The fraction of sp³-hybridized carbons (Fsp3) is 0.231. The fourth-order valence-corrected chi connectivity index (χ4v) is 2.85. The number of aromatic carboxylic acids is 1. The van der Waals surface area contributed by atoms with Gasteiger partial charge in [-0.15, -0.1) is 11.3 Å². The predicted octanol–water partition coefficient (Wildman–Crippen LogP) is 3.60. The van der Waals surface area contributed by atoms with Crippen LogP contribution in [0.3, 0.4) is 0 Å². The van der Waals surface area contributed by atoms with Gasteiger partial charge in [0, 0.05) is 10.4 Å². The highest BCUT2D eigenvalue weighted by atomic mass is 32.1. The van der Waals surface area contributed by atoms with Gasteiger partial charge in [0.05, 0.1) is 0 Å². The van der Waals surface area contributed by atoms with Gasteiger partial charge in [-0.25, -0.2) is 14.2 Å². The molecule has 3 nitrogen and oxygen atoms in total. The molecule has 0 aliphatic heterocycles. The molecule has 1 N–H and O–H groups in total. The Morgan fingerprint density at radius 3 is 2.78 bits per heavy atom. The van der Waals surface area contributed by atoms with Crippen LogP contribution in [0.1, 0.15) is 28.7 Å². The molecule has 18 heavy (non-hydrogen) atoms. The molecule has 0 spiro atoms. The van der Waals surface area contributed by atoms with Crippen LogP contribution < -0.4 is 0 Å². The molecule has 0 aliphatic carbocycles. The van der Waals surface area contributed by atoms with Crippen LogP contribution in [-0.4, -0.2) is 16.1 Å². The standard InChI is InChI=1S/C13H12FNO2S/c1-2-5-10-11(13(16)17)15-12(18-10)8-6-3-4-7-9(8)14/h3-4,6-7H,2,5H2,1H3,(H,16,17). The van der Waals surface area contributed by atoms with Crippen molar-refractivity contribution in [1.82, 2.24) is 4.98 Å². The second kappa shape index (κ2) is 5.27. The van der Waals surface area contributed by atoms with Crippen LogP contribution in [0.25, 0.3) is 10.6 Å². The monoisotopic (exact) mass is 265 g/mol. The van der Waals surface area contributed by atoms with Gasteiger partial charge < -0.3 is 5.11 Å². The number of hydrogen-bond donors (Lipinski definition) is 1. The van der Waals surface area contributed by atoms with Gasteiger partial charge in [-0.3, -0.25) is 0 Å². The quantitative estimate of drug-likeness (QED) is 0.918. The first-order chi connectivity index (χ1) is 8.63. The molecule has 0 bridgehead atoms. The normalized spacial score (nSPS) is 10.6. The van der Waals surface area contributed by atoms with Crippen molar-refractivity contribution >= 4 is 17.3 Å². The van der Waals surface area contributed by atoms with Crippen LogP contribution in [0.2, 0.25) is 0 Å². The Kier molecular flexibility index (Phi) is 3.72. The number of thiazole rings is 1. The summed E-state index contributed by atoms with van der Waals surface area (Å²) in [5.74, 6) is -1.44. The lowest BCUT2D eigenvalue weighted by Gasteiger charge is -1.96. The van der Waals surface area contributed by atoms with E-state index in [4.69, 9.17) is 5.11 Å². The van der Waals surface area contributed by atoms with E-state index in [9.17, 15) is 9.18 Å². The predicted molar refractivity (Wildman–Crippen MR) is 68.5 cm³/mol. The molecule has 0 aliphatic rings. The first kappa shape index (κ1) is 12.7. The third-order valence-corrected chi connectivity index (χ3v) is 3.63. The van der Waals surface area contributed by atoms with E-state index in [2.05, 4.69) is 4.98 Å². The molecule has 0 fully saturated rings. The van der Waals surface area contributed by atoms with Gasteiger partial charge in [-0.1, -0.05) is 25.5 Å². The first-order valence-corrected chi connectivity index (χ1v) is 6.43. The molecule has 0 unspecified atom stereocenters. The van der Waals surface area contributed by atoms with Crippen molar-refractivity contribution in [2.45, 2.75) is 19.8 Å². The van der Waals surface area contributed by atoms with E-state index in [0.717, 1.165) is 6.42 Å². The number of aromatic nitrogens is 1. The van der Waals surface area contributed by atoms with Gasteiger partial charge >= 0.3 is 5.97 Å². The van der Waals surface area contributed by atoms with E-state index in [1.54, 1.807) is 18.2 Å². The summed E-state index contributed by atoms with van der Waals surface area (Å²) in [6, 6.07) is 6.25. The minimum atomic E-state index is -1.06. The molecule has 1 aromatic carbocycles. The van der Waals surface area contributed by atoms with Crippen molar-refractivity contribution in [2.24, 2.45) is 0 Å². The van der Waals surface area contributed by atoms with Gasteiger partial charge in [-0.05, 0) is 18.6 Å². The highest BCUT2D eigenvalue weighted by molar-refractivity contribution is 7.15. The summed E-state index contributed by atoms with van der Waals surface area (Å²) in [5.41, 5.74) is 0.396. The lowest BCUT2D eigenvalue weighted by molar-refractivity contribution is 0.0690. The van der Waals surface area contributed by atoms with Gasteiger partial charge in [0.2, 0.25) is 0 Å². The molecule has 2 aromatic rings. The molecule has 5 heteroatoms. The summed E-state index contributed by atoms with van der Waals surface area (Å²) in [4.78, 5) is 15.8. The van der Waals surface area contributed by atoms with E-state index < -0.39 is 5.97 Å². The lowest BCUT2D eigenvalue weighted by Crippen LogP contribution is -2.00. The smallest absolute Gasteiger partial charge is 0.355 e. The van der Waals surface area contributed by atoms with E-state index >= 15 is 0 Å². The Balaban J connectivity index is 2.50. The largest absolute Gasteiger partial charge is 0.476 e. The molecule has 0 radical (unpaired) electrons. The topological polar surface area (TPSA) is 50.2 Å². The minimum absolute atomic E-state index is 0.0418. The number of carbonyl (C=O) groups is 1. The Bertz CT molecular complexity index is 580. The van der Waals surface area contributed by atoms with Crippen LogP contribution in [0.15, 0.2) is 24.3 Å². The number of carboxylic acid groups (broad SMARTS) is 1. The number of nitrogens with zero attached hydrogens (tertiary/aromatic N) is 1. The highest BCUT2D eigenvalue weighted by Crippen LogP contribution is 2.30. The summed E-state index contributed by atoms with van der Waals surface area (Å²) in [5, 5.41) is 9.50. The zero-order chi connectivity index (χ0) is 13.1. The Morgan fingerprint density at radius 2 is 2.17 bits per heavy atom. The molecule has 2 rings (SSSR count). The van der Waals surface area contributed by atoms with Crippen molar-refractivity contribution in [1.29, 1.82) is 0 Å². The van der Waals surface area contributed by atoms with Crippen LogP contribution >= 0.6 is 11.3 Å². The molecule has 1 heterocycles. The SMILES string of the molecule is CCCc1sc(-c2ccccc2F)nc1C(=O)O. The Labute approximate surface area is 108 Å². The molecule has 1 aromatic heterocycles. The fourth-order valence-electron chi connectivity index (χ4n) is 1.67.